The first-order valence-electron chi connectivity index (χ1n) is 5.29. The maximum Gasteiger partial charge on any atom is 0.239 e. The van der Waals surface area contributed by atoms with Gasteiger partial charge in [-0.2, -0.15) is 0 Å². The lowest BCUT2D eigenvalue weighted by Crippen LogP contribution is -2.35. The SMILES string of the molecule is CCN(CC(=O)NC)c1ccc(C(N)=S)nc1. The molecule has 1 amide bonds. The summed E-state index contributed by atoms with van der Waals surface area (Å²) in [6, 6.07) is 3.61. The van der Waals surface area contributed by atoms with Crippen LogP contribution >= 0.6 is 12.2 Å². The van der Waals surface area contributed by atoms with Gasteiger partial charge in [0.15, 0.2) is 0 Å². The van der Waals surface area contributed by atoms with Crippen molar-refractivity contribution in [1.82, 2.24) is 10.3 Å². The van der Waals surface area contributed by atoms with Crippen LogP contribution in [0.2, 0.25) is 0 Å². The van der Waals surface area contributed by atoms with E-state index in [-0.39, 0.29) is 10.9 Å². The molecule has 0 aromatic carbocycles. The van der Waals surface area contributed by atoms with Crippen LogP contribution in [0.3, 0.4) is 0 Å². The monoisotopic (exact) mass is 252 g/mol. The number of carbonyl (C=O) groups is 1. The molecule has 0 aliphatic rings. The summed E-state index contributed by atoms with van der Waals surface area (Å²) in [5, 5.41) is 2.59. The molecule has 5 nitrogen and oxygen atoms in total. The number of likely N-dealkylation sites (N-methyl/N-ethyl adjacent to an activating group) is 2. The van der Waals surface area contributed by atoms with E-state index >= 15 is 0 Å². The van der Waals surface area contributed by atoms with Gasteiger partial charge in [-0.05, 0) is 19.1 Å². The highest BCUT2D eigenvalue weighted by Crippen LogP contribution is 2.12. The lowest BCUT2D eigenvalue weighted by molar-refractivity contribution is -0.119. The van der Waals surface area contributed by atoms with Crippen LogP contribution in [0.5, 0.6) is 0 Å². The summed E-state index contributed by atoms with van der Waals surface area (Å²) < 4.78 is 0. The molecule has 1 aromatic heterocycles. The Morgan fingerprint density at radius 2 is 2.29 bits per heavy atom. The smallest absolute Gasteiger partial charge is 0.239 e. The van der Waals surface area contributed by atoms with Crippen molar-refractivity contribution in [3.05, 3.63) is 24.0 Å². The van der Waals surface area contributed by atoms with E-state index in [1.54, 1.807) is 19.3 Å². The first-order chi connectivity index (χ1) is 8.08. The van der Waals surface area contributed by atoms with Crippen LogP contribution in [0, 0.1) is 0 Å². The van der Waals surface area contributed by atoms with Gasteiger partial charge in [-0.3, -0.25) is 9.78 Å². The fraction of sp³-hybridized carbons (Fsp3) is 0.364. The molecule has 0 atom stereocenters. The third-order valence-electron chi connectivity index (χ3n) is 2.36. The molecule has 1 aromatic rings. The minimum absolute atomic E-state index is 0.0368. The summed E-state index contributed by atoms with van der Waals surface area (Å²) in [5.41, 5.74) is 6.92. The van der Waals surface area contributed by atoms with Crippen molar-refractivity contribution < 1.29 is 4.79 Å². The van der Waals surface area contributed by atoms with E-state index in [1.165, 1.54) is 0 Å². The van der Waals surface area contributed by atoms with E-state index in [0.717, 1.165) is 12.2 Å². The number of anilines is 1. The Morgan fingerprint density at radius 3 is 2.71 bits per heavy atom. The molecule has 92 valence electrons. The Morgan fingerprint density at radius 1 is 1.59 bits per heavy atom. The van der Waals surface area contributed by atoms with E-state index in [2.05, 4.69) is 10.3 Å². The number of hydrogen-bond acceptors (Lipinski definition) is 4. The quantitative estimate of drug-likeness (QED) is 0.737. The van der Waals surface area contributed by atoms with Crippen molar-refractivity contribution in [1.29, 1.82) is 0 Å². The molecule has 17 heavy (non-hydrogen) atoms. The zero-order chi connectivity index (χ0) is 12.8. The largest absolute Gasteiger partial charge is 0.388 e. The third-order valence-corrected chi connectivity index (χ3v) is 2.57. The highest BCUT2D eigenvalue weighted by molar-refractivity contribution is 7.80. The summed E-state index contributed by atoms with van der Waals surface area (Å²) in [6.07, 6.45) is 1.67. The molecular formula is C11H16N4OS. The van der Waals surface area contributed by atoms with Gasteiger partial charge >= 0.3 is 0 Å². The van der Waals surface area contributed by atoms with Crippen LogP contribution in [0.1, 0.15) is 12.6 Å². The van der Waals surface area contributed by atoms with Crippen LogP contribution in [0.4, 0.5) is 5.69 Å². The van der Waals surface area contributed by atoms with Gasteiger partial charge in [-0.25, -0.2) is 0 Å². The van der Waals surface area contributed by atoms with Gasteiger partial charge < -0.3 is 16.0 Å². The van der Waals surface area contributed by atoms with E-state index in [0.29, 0.717) is 12.2 Å². The zero-order valence-corrected chi connectivity index (χ0v) is 10.8. The number of aromatic nitrogens is 1. The maximum atomic E-state index is 11.3. The van der Waals surface area contributed by atoms with Crippen LogP contribution in [-0.2, 0) is 4.79 Å². The molecule has 0 aliphatic heterocycles. The molecule has 1 rings (SSSR count). The van der Waals surface area contributed by atoms with Gasteiger partial charge in [-0.15, -0.1) is 0 Å². The number of nitrogens with one attached hydrogen (secondary N) is 1. The van der Waals surface area contributed by atoms with E-state index in [9.17, 15) is 4.79 Å². The van der Waals surface area contributed by atoms with Crippen LogP contribution in [-0.4, -0.2) is 36.0 Å². The average Bonchev–Trinajstić information content (AvgIpc) is 2.35. The predicted octanol–water partition coefficient (Wildman–Crippen LogP) is 0.288. The van der Waals surface area contributed by atoms with E-state index < -0.39 is 0 Å². The number of rotatable bonds is 5. The molecule has 0 saturated heterocycles. The Kier molecular flexibility index (Phi) is 4.84. The number of thiocarbonyl (C=S) groups is 1. The molecule has 0 unspecified atom stereocenters. The topological polar surface area (TPSA) is 71.2 Å². The van der Waals surface area contributed by atoms with Crippen LogP contribution in [0.15, 0.2) is 18.3 Å². The summed E-state index contributed by atoms with van der Waals surface area (Å²) in [6.45, 7) is 3.01. The van der Waals surface area contributed by atoms with Crippen molar-refractivity contribution in [3.8, 4) is 0 Å². The van der Waals surface area contributed by atoms with Gasteiger partial charge in [0.25, 0.3) is 0 Å². The maximum absolute atomic E-state index is 11.3. The predicted molar refractivity (Wildman–Crippen MR) is 72.1 cm³/mol. The van der Waals surface area contributed by atoms with Crippen LogP contribution < -0.4 is 16.0 Å². The molecule has 0 radical (unpaired) electrons. The zero-order valence-electron chi connectivity index (χ0n) is 9.93. The highest BCUT2D eigenvalue weighted by Gasteiger charge is 2.09. The van der Waals surface area contributed by atoms with Gasteiger partial charge in [0.1, 0.15) is 4.99 Å². The van der Waals surface area contributed by atoms with E-state index in [1.807, 2.05) is 17.9 Å². The van der Waals surface area contributed by atoms with Crippen molar-refractivity contribution in [2.45, 2.75) is 6.92 Å². The first-order valence-corrected chi connectivity index (χ1v) is 5.70. The lowest BCUT2D eigenvalue weighted by atomic mass is 10.3. The number of amides is 1. The summed E-state index contributed by atoms with van der Waals surface area (Å²) in [7, 11) is 1.62. The fourth-order valence-electron chi connectivity index (χ4n) is 1.36. The molecule has 0 bridgehead atoms. The lowest BCUT2D eigenvalue weighted by Gasteiger charge is -2.21. The second-order valence-electron chi connectivity index (χ2n) is 3.45. The second kappa shape index (κ2) is 6.15. The number of carbonyl (C=O) groups excluding carboxylic acids is 1. The molecule has 0 saturated carbocycles. The Labute approximate surface area is 106 Å². The molecule has 3 N–H and O–H groups in total. The molecule has 0 fully saturated rings. The normalized spacial score (nSPS) is 9.76. The molecule has 0 spiro atoms. The molecule has 6 heteroatoms. The summed E-state index contributed by atoms with van der Waals surface area (Å²) >= 11 is 4.83. The van der Waals surface area contributed by atoms with Gasteiger partial charge in [0.2, 0.25) is 5.91 Å². The number of pyridine rings is 1. The number of nitrogens with two attached hydrogens (primary N) is 1. The first kappa shape index (κ1) is 13.4. The highest BCUT2D eigenvalue weighted by atomic mass is 32.1. The fourth-order valence-corrected chi connectivity index (χ4v) is 1.48. The van der Waals surface area contributed by atoms with Crippen molar-refractivity contribution in [3.63, 3.8) is 0 Å². The van der Waals surface area contributed by atoms with Gasteiger partial charge in [0, 0.05) is 13.6 Å². The molecular weight excluding hydrogens is 236 g/mol. The minimum Gasteiger partial charge on any atom is -0.388 e. The number of nitrogens with zero attached hydrogens (tertiary/aromatic N) is 2. The summed E-state index contributed by atoms with van der Waals surface area (Å²) in [5.74, 6) is -0.0368. The van der Waals surface area contributed by atoms with Crippen molar-refractivity contribution >= 4 is 28.8 Å². The third kappa shape index (κ3) is 3.67. The van der Waals surface area contributed by atoms with Crippen LogP contribution in [0.25, 0.3) is 0 Å². The Hall–Kier alpha value is -1.69. The van der Waals surface area contributed by atoms with E-state index in [4.69, 9.17) is 18.0 Å². The van der Waals surface area contributed by atoms with Gasteiger partial charge in [0.05, 0.1) is 24.1 Å². The van der Waals surface area contributed by atoms with Crippen molar-refractivity contribution in [2.75, 3.05) is 25.0 Å². The summed E-state index contributed by atoms with van der Waals surface area (Å²) in [4.78, 5) is 17.6. The molecule has 1 heterocycles. The average molecular weight is 252 g/mol. The molecule has 0 aliphatic carbocycles. The second-order valence-corrected chi connectivity index (χ2v) is 3.89. The van der Waals surface area contributed by atoms with Crippen molar-refractivity contribution in [2.24, 2.45) is 5.73 Å². The standard InChI is InChI=1S/C11H16N4OS/c1-3-15(7-10(16)13-2)8-4-5-9(11(12)17)14-6-8/h4-6H,3,7H2,1-2H3,(H2,12,17)(H,13,16). The number of hydrogen-bond donors (Lipinski definition) is 2. The minimum atomic E-state index is -0.0368. The Bertz CT molecular complexity index is 404. The Balaban J connectivity index is 2.82. The van der Waals surface area contributed by atoms with Gasteiger partial charge in [-0.1, -0.05) is 12.2 Å².